The molecule has 0 unspecified atom stereocenters. The van der Waals surface area contributed by atoms with Gasteiger partial charge in [0.2, 0.25) is 11.8 Å². The minimum Gasteiger partial charge on any atom is -0.349 e. The second-order valence-corrected chi connectivity index (χ2v) is 12.9. The number of hydrogen-bond donors (Lipinski definition) is 1. The Balaban J connectivity index is 1.35. The molecule has 0 saturated carbocycles. The van der Waals surface area contributed by atoms with Crippen molar-refractivity contribution in [3.63, 3.8) is 0 Å². The molecule has 8 heteroatoms. The summed E-state index contributed by atoms with van der Waals surface area (Å²) in [4.78, 5) is 33.8. The first-order valence-corrected chi connectivity index (χ1v) is 15.0. The fourth-order valence-corrected chi connectivity index (χ4v) is 6.73. The topological polar surface area (TPSA) is 74.3 Å². The predicted octanol–water partition coefficient (Wildman–Crippen LogP) is 3.10. The summed E-state index contributed by atoms with van der Waals surface area (Å²) < 4.78 is 12.8. The molecule has 212 valence electrons. The van der Waals surface area contributed by atoms with E-state index in [2.05, 4.69) is 44.8 Å². The molecule has 4 aliphatic heterocycles. The number of nitrogens with zero attached hydrogens (tertiary/aromatic N) is 3. The highest BCUT2D eigenvalue weighted by Gasteiger charge is 2.47. The normalized spacial score (nSPS) is 32.9. The van der Waals surface area contributed by atoms with Gasteiger partial charge in [0.05, 0.1) is 19.3 Å². The highest BCUT2D eigenvalue weighted by molar-refractivity contribution is 5.90. The van der Waals surface area contributed by atoms with E-state index >= 15 is 0 Å². The molecule has 37 heavy (non-hydrogen) atoms. The Morgan fingerprint density at radius 2 is 1.73 bits per heavy atom. The number of piperazine rings is 1. The predicted molar refractivity (Wildman–Crippen MR) is 145 cm³/mol. The van der Waals surface area contributed by atoms with Crippen LogP contribution in [0.25, 0.3) is 0 Å². The van der Waals surface area contributed by atoms with Gasteiger partial charge in [0.25, 0.3) is 0 Å². The van der Waals surface area contributed by atoms with Crippen LogP contribution in [0.4, 0.5) is 0 Å². The Morgan fingerprint density at radius 1 is 1.03 bits per heavy atom. The molecule has 4 fully saturated rings. The van der Waals surface area contributed by atoms with Gasteiger partial charge in [0.1, 0.15) is 6.04 Å². The van der Waals surface area contributed by atoms with Gasteiger partial charge in [-0.2, -0.15) is 0 Å². The van der Waals surface area contributed by atoms with Crippen LogP contribution in [0.1, 0.15) is 79.6 Å². The number of likely N-dealkylation sites (tertiary alicyclic amines) is 2. The molecule has 2 amide bonds. The average Bonchev–Trinajstić information content (AvgIpc) is 2.86. The van der Waals surface area contributed by atoms with Gasteiger partial charge in [-0.25, -0.2) is 0 Å². The highest BCUT2D eigenvalue weighted by Crippen LogP contribution is 2.36. The van der Waals surface area contributed by atoms with Gasteiger partial charge in [-0.15, -0.1) is 0 Å². The van der Waals surface area contributed by atoms with E-state index in [0.29, 0.717) is 50.1 Å². The van der Waals surface area contributed by atoms with Crippen molar-refractivity contribution in [3.05, 3.63) is 0 Å². The average molecular weight is 521 g/mol. The fraction of sp³-hybridized carbons (Fsp3) is 0.931. The van der Waals surface area contributed by atoms with Crippen LogP contribution < -0.4 is 5.32 Å². The second-order valence-electron chi connectivity index (χ2n) is 12.9. The molecule has 0 bridgehead atoms. The van der Waals surface area contributed by atoms with Gasteiger partial charge in [-0.1, -0.05) is 34.1 Å². The van der Waals surface area contributed by atoms with Crippen molar-refractivity contribution >= 4 is 11.8 Å². The van der Waals surface area contributed by atoms with E-state index in [4.69, 9.17) is 9.47 Å². The molecule has 0 aromatic carbocycles. The Morgan fingerprint density at radius 3 is 2.35 bits per heavy atom. The lowest BCUT2D eigenvalue weighted by Crippen LogP contribution is -2.64. The molecule has 0 aromatic rings. The lowest BCUT2D eigenvalue weighted by molar-refractivity contribution is -0.303. The molecular weight excluding hydrogens is 468 g/mol. The van der Waals surface area contributed by atoms with Crippen LogP contribution in [0.5, 0.6) is 0 Å². The maximum Gasteiger partial charge on any atom is 0.245 e. The maximum atomic E-state index is 14.0. The van der Waals surface area contributed by atoms with Crippen molar-refractivity contribution in [3.8, 4) is 0 Å². The molecule has 0 aromatic heterocycles. The van der Waals surface area contributed by atoms with Gasteiger partial charge in [0, 0.05) is 51.0 Å². The zero-order valence-electron chi connectivity index (χ0n) is 24.0. The number of hydrogen-bond acceptors (Lipinski definition) is 6. The van der Waals surface area contributed by atoms with Gasteiger partial charge >= 0.3 is 0 Å². The molecule has 4 aliphatic rings. The molecule has 4 saturated heterocycles. The second kappa shape index (κ2) is 12.8. The summed E-state index contributed by atoms with van der Waals surface area (Å²) in [5.74, 6) is 0.774. The first kappa shape index (κ1) is 28.8. The number of amides is 2. The van der Waals surface area contributed by atoms with E-state index in [9.17, 15) is 9.59 Å². The van der Waals surface area contributed by atoms with Crippen LogP contribution in [-0.2, 0) is 19.1 Å². The summed E-state index contributed by atoms with van der Waals surface area (Å²) in [6.45, 7) is 17.5. The van der Waals surface area contributed by atoms with Gasteiger partial charge in [-0.05, 0) is 57.5 Å². The van der Waals surface area contributed by atoms with Crippen LogP contribution in [0, 0.1) is 17.8 Å². The van der Waals surface area contributed by atoms with E-state index in [1.54, 1.807) is 0 Å². The third kappa shape index (κ3) is 7.25. The van der Waals surface area contributed by atoms with Crippen molar-refractivity contribution in [1.29, 1.82) is 0 Å². The van der Waals surface area contributed by atoms with Gasteiger partial charge in [0.15, 0.2) is 5.79 Å². The smallest absolute Gasteiger partial charge is 0.245 e. The van der Waals surface area contributed by atoms with E-state index in [0.717, 1.165) is 32.7 Å². The van der Waals surface area contributed by atoms with Crippen LogP contribution in [0.2, 0.25) is 0 Å². The minimum absolute atomic E-state index is 0.0130. The quantitative estimate of drug-likeness (QED) is 0.530. The largest absolute Gasteiger partial charge is 0.349 e. The van der Waals surface area contributed by atoms with Gasteiger partial charge in [-0.3, -0.25) is 9.59 Å². The summed E-state index contributed by atoms with van der Waals surface area (Å²) in [5, 5.41) is 3.38. The lowest BCUT2D eigenvalue weighted by Gasteiger charge is -2.49. The summed E-state index contributed by atoms with van der Waals surface area (Å²) in [7, 11) is 0. The summed E-state index contributed by atoms with van der Waals surface area (Å²) in [6, 6.07) is -0.581. The first-order chi connectivity index (χ1) is 17.7. The van der Waals surface area contributed by atoms with E-state index in [1.165, 1.54) is 32.4 Å². The van der Waals surface area contributed by atoms with Gasteiger partial charge < -0.3 is 29.5 Å². The Bertz CT molecular complexity index is 761. The monoisotopic (exact) mass is 520 g/mol. The summed E-state index contributed by atoms with van der Waals surface area (Å²) in [5.41, 5.74) is 0. The SMILES string of the molecule is CC(C)C[C@@H]1NCCN([C@@H](CC(C)C)C(=O)N2CCC3(C[C@@H]2C)OCC(CN2CCCCC2)CO3)C1=O. The van der Waals surface area contributed by atoms with Crippen LogP contribution in [0.3, 0.4) is 0 Å². The van der Waals surface area contributed by atoms with E-state index in [-0.39, 0.29) is 23.9 Å². The minimum atomic E-state index is -0.574. The fourth-order valence-electron chi connectivity index (χ4n) is 6.73. The molecule has 8 nitrogen and oxygen atoms in total. The molecule has 1 N–H and O–H groups in total. The molecule has 3 atom stereocenters. The Labute approximate surface area is 224 Å². The molecule has 1 spiro atoms. The zero-order valence-corrected chi connectivity index (χ0v) is 24.0. The number of nitrogens with one attached hydrogen (secondary N) is 1. The Kier molecular flexibility index (Phi) is 9.92. The molecule has 4 rings (SSSR count). The number of ether oxygens (including phenoxy) is 2. The van der Waals surface area contributed by atoms with E-state index < -0.39 is 11.8 Å². The molecular formula is C29H52N4O4. The van der Waals surface area contributed by atoms with Crippen LogP contribution in [0.15, 0.2) is 0 Å². The highest BCUT2D eigenvalue weighted by atomic mass is 16.7. The van der Waals surface area contributed by atoms with Crippen LogP contribution >= 0.6 is 0 Å². The molecule has 0 radical (unpaired) electrons. The third-order valence-corrected chi connectivity index (χ3v) is 8.67. The van der Waals surface area contributed by atoms with E-state index in [1.807, 2.05) is 9.80 Å². The van der Waals surface area contributed by atoms with Crippen molar-refractivity contribution in [2.45, 2.75) is 103 Å². The standard InChI is InChI=1S/C29H52N4O4/c1-21(2)15-25-27(34)33(14-10-30-25)26(16-22(3)4)28(35)32-13-9-29(17-23(32)5)36-19-24(20-37-29)18-31-11-7-6-8-12-31/h21-26,30H,6-20H2,1-5H3/t23-,24?,25-,26-,29?/m0/s1. The van der Waals surface area contributed by atoms with Crippen molar-refractivity contribution in [1.82, 2.24) is 20.0 Å². The zero-order chi connectivity index (χ0) is 26.6. The summed E-state index contributed by atoms with van der Waals surface area (Å²) >= 11 is 0. The third-order valence-electron chi connectivity index (χ3n) is 8.67. The van der Waals surface area contributed by atoms with Crippen molar-refractivity contribution in [2.75, 3.05) is 52.5 Å². The van der Waals surface area contributed by atoms with Crippen LogP contribution in [-0.4, -0.2) is 103 Å². The first-order valence-electron chi connectivity index (χ1n) is 15.0. The summed E-state index contributed by atoms with van der Waals surface area (Å²) in [6.07, 6.45) is 6.83. The molecule has 0 aliphatic carbocycles. The Hall–Kier alpha value is -1.22. The number of carbonyl (C=O) groups is 2. The van der Waals surface area contributed by atoms with Crippen molar-refractivity contribution in [2.24, 2.45) is 17.8 Å². The maximum absolute atomic E-state index is 14.0. The number of carbonyl (C=O) groups excluding carboxylic acids is 2. The molecule has 4 heterocycles. The van der Waals surface area contributed by atoms with Crippen molar-refractivity contribution < 1.29 is 19.1 Å². The number of piperidine rings is 2. The lowest BCUT2D eigenvalue weighted by atomic mass is 9.92. The number of rotatable bonds is 8.